The van der Waals surface area contributed by atoms with Crippen LogP contribution in [0.5, 0.6) is 0 Å². The van der Waals surface area contributed by atoms with Crippen LogP contribution < -0.4 is 16.0 Å². The van der Waals surface area contributed by atoms with Crippen molar-refractivity contribution in [3.05, 3.63) is 71.9 Å². The summed E-state index contributed by atoms with van der Waals surface area (Å²) in [5.41, 5.74) is 3.53. The van der Waals surface area contributed by atoms with E-state index < -0.39 is 0 Å². The fourth-order valence-electron chi connectivity index (χ4n) is 3.05. The average Bonchev–Trinajstić information content (AvgIpc) is 3.15. The molecule has 29 heavy (non-hydrogen) atoms. The zero-order valence-corrected chi connectivity index (χ0v) is 18.9. The van der Waals surface area contributed by atoms with Crippen molar-refractivity contribution in [1.82, 2.24) is 20.9 Å². The third kappa shape index (κ3) is 7.08. The maximum absolute atomic E-state index is 12.0. The number of guanidine groups is 1. The van der Waals surface area contributed by atoms with Gasteiger partial charge in [0.25, 0.3) is 0 Å². The van der Waals surface area contributed by atoms with E-state index in [1.165, 1.54) is 10.9 Å². The second-order valence-electron chi connectivity index (χ2n) is 6.55. The van der Waals surface area contributed by atoms with Crippen molar-refractivity contribution in [2.24, 2.45) is 4.99 Å². The third-order valence-corrected chi connectivity index (χ3v) is 4.56. The van der Waals surface area contributed by atoms with E-state index >= 15 is 0 Å². The number of para-hydroxylation sites is 1. The third-order valence-electron chi connectivity index (χ3n) is 4.56. The molecule has 4 N–H and O–H groups in total. The normalized spacial score (nSPS) is 11.0. The summed E-state index contributed by atoms with van der Waals surface area (Å²) in [6.07, 6.45) is 3.35. The Morgan fingerprint density at radius 1 is 0.966 bits per heavy atom. The predicted octanol–water partition coefficient (Wildman–Crippen LogP) is 3.20. The fourth-order valence-corrected chi connectivity index (χ4v) is 3.05. The van der Waals surface area contributed by atoms with E-state index in [2.05, 4.69) is 50.3 Å². The van der Waals surface area contributed by atoms with Crippen LogP contribution in [-0.2, 0) is 17.8 Å². The molecule has 1 amide bonds. The molecule has 0 aliphatic heterocycles. The van der Waals surface area contributed by atoms with Gasteiger partial charge >= 0.3 is 0 Å². The number of aromatic nitrogens is 1. The van der Waals surface area contributed by atoms with Crippen LogP contribution in [0.2, 0.25) is 0 Å². The second-order valence-corrected chi connectivity index (χ2v) is 6.55. The minimum Gasteiger partial charge on any atom is -0.361 e. The van der Waals surface area contributed by atoms with Crippen LogP contribution in [0.15, 0.2) is 65.8 Å². The summed E-state index contributed by atoms with van der Waals surface area (Å²) in [4.78, 5) is 19.5. The van der Waals surface area contributed by atoms with E-state index in [1.54, 1.807) is 7.05 Å². The van der Waals surface area contributed by atoms with E-state index in [9.17, 15) is 4.79 Å². The Bertz CT molecular complexity index is 923. The molecule has 0 bridgehead atoms. The molecule has 3 rings (SSSR count). The summed E-state index contributed by atoms with van der Waals surface area (Å²) in [6.45, 7) is 1.85. The zero-order chi connectivity index (χ0) is 19.6. The number of hydrogen-bond acceptors (Lipinski definition) is 2. The minimum atomic E-state index is 0. The lowest BCUT2D eigenvalue weighted by atomic mass is 10.1. The van der Waals surface area contributed by atoms with Crippen LogP contribution in [0.25, 0.3) is 10.9 Å². The Kier molecular flexibility index (Phi) is 9.49. The smallest absolute Gasteiger partial charge is 0.222 e. The highest BCUT2D eigenvalue weighted by molar-refractivity contribution is 14.0. The number of carbonyl (C=O) groups is 1. The van der Waals surface area contributed by atoms with Crippen molar-refractivity contribution in [3.8, 4) is 0 Å². The number of fused-ring (bicyclic) bond motifs is 1. The summed E-state index contributed by atoms with van der Waals surface area (Å²) in [6, 6.07) is 18.2. The summed E-state index contributed by atoms with van der Waals surface area (Å²) in [5.74, 6) is 0.723. The number of carbonyl (C=O) groups excluding carboxylic acids is 1. The van der Waals surface area contributed by atoms with Gasteiger partial charge in [0, 0.05) is 50.2 Å². The Morgan fingerprint density at radius 2 is 1.69 bits per heavy atom. The van der Waals surface area contributed by atoms with Gasteiger partial charge in [-0.05, 0) is 23.6 Å². The number of aromatic amines is 1. The highest BCUT2D eigenvalue weighted by atomic mass is 127. The van der Waals surface area contributed by atoms with Gasteiger partial charge in [0.1, 0.15) is 0 Å². The molecular formula is C22H28IN5O. The zero-order valence-electron chi connectivity index (χ0n) is 16.6. The molecule has 1 heterocycles. The van der Waals surface area contributed by atoms with Crippen molar-refractivity contribution in [3.63, 3.8) is 0 Å². The number of rotatable bonds is 8. The van der Waals surface area contributed by atoms with Gasteiger partial charge in [-0.15, -0.1) is 24.0 Å². The predicted molar refractivity (Wildman–Crippen MR) is 130 cm³/mol. The molecular weight excluding hydrogens is 477 g/mol. The summed E-state index contributed by atoms with van der Waals surface area (Å²) in [5, 5.41) is 10.7. The van der Waals surface area contributed by atoms with Gasteiger partial charge in [0.2, 0.25) is 5.91 Å². The van der Waals surface area contributed by atoms with E-state index in [4.69, 9.17) is 0 Å². The largest absolute Gasteiger partial charge is 0.361 e. The molecule has 154 valence electrons. The number of nitrogens with one attached hydrogen (secondary N) is 4. The fraction of sp³-hybridized carbons (Fsp3) is 0.273. The standard InChI is InChI=1S/C22H27N5O.HI/c1-23-22(24-13-11-18-16-26-20-10-6-5-9-19(18)20)25-14-12-21(28)27-15-17-7-3-2-4-8-17;/h2-10,16,26H,11-15H2,1H3,(H,27,28)(H2,23,24,25);1H. The van der Waals surface area contributed by atoms with Gasteiger partial charge in [-0.1, -0.05) is 48.5 Å². The van der Waals surface area contributed by atoms with Crippen molar-refractivity contribution >= 4 is 46.7 Å². The molecule has 0 aliphatic carbocycles. The second kappa shape index (κ2) is 12.1. The summed E-state index contributed by atoms with van der Waals surface area (Å²) in [7, 11) is 1.73. The molecule has 0 radical (unpaired) electrons. The topological polar surface area (TPSA) is 81.3 Å². The Hall–Kier alpha value is -2.55. The first kappa shape index (κ1) is 22.7. The minimum absolute atomic E-state index is 0. The quantitative estimate of drug-likeness (QED) is 0.216. The molecule has 7 heteroatoms. The summed E-state index contributed by atoms with van der Waals surface area (Å²) < 4.78 is 0. The number of benzene rings is 2. The highest BCUT2D eigenvalue weighted by Gasteiger charge is 2.05. The molecule has 1 aromatic heterocycles. The number of H-pyrrole nitrogens is 1. The Labute approximate surface area is 188 Å². The van der Waals surface area contributed by atoms with Crippen LogP contribution in [0, 0.1) is 0 Å². The van der Waals surface area contributed by atoms with Gasteiger partial charge in [0.15, 0.2) is 5.96 Å². The SMILES string of the molecule is CN=C(NCCC(=O)NCc1ccccc1)NCCc1c[nH]c2ccccc12.I. The van der Waals surface area contributed by atoms with Gasteiger partial charge in [-0.2, -0.15) is 0 Å². The molecule has 0 saturated carbocycles. The molecule has 6 nitrogen and oxygen atoms in total. The van der Waals surface area contributed by atoms with Gasteiger partial charge < -0.3 is 20.9 Å². The van der Waals surface area contributed by atoms with E-state index in [0.717, 1.165) is 24.0 Å². The van der Waals surface area contributed by atoms with Crippen molar-refractivity contribution in [2.45, 2.75) is 19.4 Å². The van der Waals surface area contributed by atoms with E-state index in [-0.39, 0.29) is 29.9 Å². The van der Waals surface area contributed by atoms with E-state index in [0.29, 0.717) is 25.5 Å². The van der Waals surface area contributed by atoms with Crippen LogP contribution in [0.4, 0.5) is 0 Å². The van der Waals surface area contributed by atoms with Crippen LogP contribution >= 0.6 is 24.0 Å². The molecule has 0 saturated heterocycles. The number of halogens is 1. The monoisotopic (exact) mass is 505 g/mol. The average molecular weight is 505 g/mol. The first-order chi connectivity index (χ1) is 13.8. The number of aliphatic imine (C=N–C) groups is 1. The van der Waals surface area contributed by atoms with Gasteiger partial charge in [0.05, 0.1) is 0 Å². The van der Waals surface area contributed by atoms with Gasteiger partial charge in [-0.3, -0.25) is 9.79 Å². The Morgan fingerprint density at radius 3 is 2.48 bits per heavy atom. The maximum atomic E-state index is 12.0. The lowest BCUT2D eigenvalue weighted by Crippen LogP contribution is -2.40. The molecule has 0 atom stereocenters. The van der Waals surface area contributed by atoms with Gasteiger partial charge in [-0.25, -0.2) is 0 Å². The van der Waals surface area contributed by atoms with Crippen molar-refractivity contribution in [2.75, 3.05) is 20.1 Å². The van der Waals surface area contributed by atoms with Crippen LogP contribution in [0.1, 0.15) is 17.5 Å². The van der Waals surface area contributed by atoms with Crippen molar-refractivity contribution in [1.29, 1.82) is 0 Å². The molecule has 3 aromatic rings. The first-order valence-corrected chi connectivity index (χ1v) is 9.56. The first-order valence-electron chi connectivity index (χ1n) is 9.56. The lowest BCUT2D eigenvalue weighted by molar-refractivity contribution is -0.121. The molecule has 0 spiro atoms. The van der Waals surface area contributed by atoms with Crippen LogP contribution in [-0.4, -0.2) is 37.0 Å². The molecule has 0 unspecified atom stereocenters. The van der Waals surface area contributed by atoms with E-state index in [1.807, 2.05) is 36.4 Å². The molecule has 0 aliphatic rings. The van der Waals surface area contributed by atoms with Crippen LogP contribution in [0.3, 0.4) is 0 Å². The van der Waals surface area contributed by atoms with Crippen molar-refractivity contribution < 1.29 is 4.79 Å². The Balaban J connectivity index is 0.00000300. The summed E-state index contributed by atoms with van der Waals surface area (Å²) >= 11 is 0. The number of nitrogens with zero attached hydrogens (tertiary/aromatic N) is 1. The lowest BCUT2D eigenvalue weighted by Gasteiger charge is -2.12. The molecule has 0 fully saturated rings. The molecule has 2 aromatic carbocycles. The number of amides is 1. The number of hydrogen-bond donors (Lipinski definition) is 4. The highest BCUT2D eigenvalue weighted by Crippen LogP contribution is 2.17. The maximum Gasteiger partial charge on any atom is 0.222 e.